The summed E-state index contributed by atoms with van der Waals surface area (Å²) in [5, 5.41) is 9.12. The molecule has 1 aliphatic carbocycles. The van der Waals surface area contributed by atoms with E-state index < -0.39 is 9.84 Å². The molecule has 3 rings (SSSR count). The van der Waals surface area contributed by atoms with Gasteiger partial charge in [-0.15, -0.1) is 10.2 Å². The lowest BCUT2D eigenvalue weighted by Gasteiger charge is -2.29. The summed E-state index contributed by atoms with van der Waals surface area (Å²) in [5.74, 6) is 1.72. The minimum atomic E-state index is -3.01. The Balaban J connectivity index is 1.66. The third-order valence-electron chi connectivity index (χ3n) is 4.60. The van der Waals surface area contributed by atoms with Gasteiger partial charge in [-0.2, -0.15) is 0 Å². The van der Waals surface area contributed by atoms with Gasteiger partial charge in [0, 0.05) is 18.6 Å². The van der Waals surface area contributed by atoms with Crippen LogP contribution in [0.1, 0.15) is 45.0 Å². The van der Waals surface area contributed by atoms with E-state index in [0.29, 0.717) is 24.9 Å². The van der Waals surface area contributed by atoms with Crippen LogP contribution in [0.3, 0.4) is 0 Å². The van der Waals surface area contributed by atoms with Gasteiger partial charge >= 0.3 is 0 Å². The third-order valence-corrected chi connectivity index (χ3v) is 7.28. The number of hydrogen-bond acceptors (Lipinski definition) is 6. The molecule has 140 valence electrons. The van der Waals surface area contributed by atoms with Crippen molar-refractivity contribution in [3.63, 3.8) is 0 Å². The Morgan fingerprint density at radius 1 is 1.32 bits per heavy atom. The fourth-order valence-corrected chi connectivity index (χ4v) is 5.95. The van der Waals surface area contributed by atoms with Crippen LogP contribution in [0.15, 0.2) is 5.16 Å². The van der Waals surface area contributed by atoms with E-state index in [1.807, 2.05) is 20.8 Å². The SMILES string of the molecule is Cc1nnc(SCC(=O)N(CC(C)C)[C@H]2CCS(=O)(=O)C2)n1C1CC1. The minimum Gasteiger partial charge on any atom is -0.338 e. The van der Waals surface area contributed by atoms with Gasteiger partial charge in [-0.1, -0.05) is 25.6 Å². The van der Waals surface area contributed by atoms with Gasteiger partial charge in [-0.25, -0.2) is 8.42 Å². The standard InChI is InChI=1S/C16H26N4O3S2/c1-11(2)8-19(14-6-7-25(22,23)10-14)15(21)9-24-16-18-17-12(3)20(16)13-4-5-13/h11,13-14H,4-10H2,1-3H3/t14-/m0/s1. The van der Waals surface area contributed by atoms with Gasteiger partial charge in [0.25, 0.3) is 0 Å². The first-order valence-corrected chi connectivity index (χ1v) is 11.6. The van der Waals surface area contributed by atoms with Crippen molar-refractivity contribution < 1.29 is 13.2 Å². The van der Waals surface area contributed by atoms with Crippen LogP contribution in [-0.4, -0.2) is 63.8 Å². The molecule has 9 heteroatoms. The van der Waals surface area contributed by atoms with Crippen molar-refractivity contribution in [1.29, 1.82) is 0 Å². The molecule has 2 aliphatic rings. The van der Waals surface area contributed by atoms with Crippen LogP contribution in [0.25, 0.3) is 0 Å². The Morgan fingerprint density at radius 3 is 2.60 bits per heavy atom. The number of nitrogens with zero attached hydrogens (tertiary/aromatic N) is 4. The first-order chi connectivity index (χ1) is 11.8. The zero-order valence-electron chi connectivity index (χ0n) is 15.0. The summed E-state index contributed by atoms with van der Waals surface area (Å²) in [6.07, 6.45) is 2.82. The van der Waals surface area contributed by atoms with E-state index in [1.165, 1.54) is 11.8 Å². The van der Waals surface area contributed by atoms with E-state index in [-0.39, 0.29) is 29.2 Å². The Bertz CT molecular complexity index is 741. The average Bonchev–Trinajstić information content (AvgIpc) is 3.20. The second-order valence-corrected chi connectivity index (χ2v) is 10.6. The first-order valence-electron chi connectivity index (χ1n) is 8.81. The largest absolute Gasteiger partial charge is 0.338 e. The number of carbonyl (C=O) groups is 1. The molecule has 1 saturated carbocycles. The van der Waals surface area contributed by atoms with Gasteiger partial charge in [-0.3, -0.25) is 4.79 Å². The molecule has 1 amide bonds. The van der Waals surface area contributed by atoms with E-state index >= 15 is 0 Å². The van der Waals surface area contributed by atoms with E-state index in [4.69, 9.17) is 0 Å². The molecule has 1 aromatic heterocycles. The molecule has 2 heterocycles. The molecule has 1 atom stereocenters. The number of rotatable bonds is 7. The molecule has 7 nitrogen and oxygen atoms in total. The van der Waals surface area contributed by atoms with Crippen LogP contribution < -0.4 is 0 Å². The van der Waals surface area contributed by atoms with Gasteiger partial charge in [0.15, 0.2) is 15.0 Å². The third kappa shape index (κ3) is 4.55. The van der Waals surface area contributed by atoms with E-state index in [0.717, 1.165) is 23.8 Å². The molecule has 0 N–H and O–H groups in total. The topological polar surface area (TPSA) is 85.2 Å². The van der Waals surface area contributed by atoms with Gasteiger partial charge in [0.05, 0.1) is 17.3 Å². The summed E-state index contributed by atoms with van der Waals surface area (Å²) >= 11 is 1.41. The Labute approximate surface area is 153 Å². The summed E-state index contributed by atoms with van der Waals surface area (Å²) in [6, 6.07) is 0.280. The molecule has 1 aromatic rings. The van der Waals surface area contributed by atoms with Crippen LogP contribution in [0, 0.1) is 12.8 Å². The Hall–Kier alpha value is -1.09. The molecule has 0 unspecified atom stereocenters. The van der Waals surface area contributed by atoms with Crippen LogP contribution >= 0.6 is 11.8 Å². The zero-order valence-corrected chi connectivity index (χ0v) is 16.6. The monoisotopic (exact) mass is 386 g/mol. The minimum absolute atomic E-state index is 0.0104. The summed E-state index contributed by atoms with van der Waals surface area (Å²) < 4.78 is 25.7. The molecule has 1 saturated heterocycles. The maximum atomic E-state index is 12.8. The maximum absolute atomic E-state index is 12.8. The normalized spacial score (nSPS) is 22.5. The van der Waals surface area contributed by atoms with Gasteiger partial charge in [-0.05, 0) is 32.1 Å². The summed E-state index contributed by atoms with van der Waals surface area (Å²) in [7, 11) is -3.01. The fourth-order valence-electron chi connectivity index (χ4n) is 3.28. The highest BCUT2D eigenvalue weighted by Crippen LogP contribution is 2.38. The highest BCUT2D eigenvalue weighted by Gasteiger charge is 2.35. The Kier molecular flexibility index (Phi) is 5.43. The predicted octanol–water partition coefficient (Wildman–Crippen LogP) is 1.69. The molecular weight excluding hydrogens is 360 g/mol. The predicted molar refractivity (Wildman–Crippen MR) is 97.4 cm³/mol. The molecule has 0 bridgehead atoms. The fraction of sp³-hybridized carbons (Fsp3) is 0.812. The van der Waals surface area contributed by atoms with Crippen LogP contribution in [0.2, 0.25) is 0 Å². The van der Waals surface area contributed by atoms with Gasteiger partial charge in [0.1, 0.15) is 5.82 Å². The highest BCUT2D eigenvalue weighted by atomic mass is 32.2. The molecule has 2 fully saturated rings. The van der Waals surface area contributed by atoms with Crippen molar-refractivity contribution >= 4 is 27.5 Å². The summed E-state index contributed by atoms with van der Waals surface area (Å²) in [6.45, 7) is 6.62. The van der Waals surface area contributed by atoms with Crippen molar-refractivity contribution in [2.45, 2.75) is 57.3 Å². The van der Waals surface area contributed by atoms with E-state index in [2.05, 4.69) is 14.8 Å². The lowest BCUT2D eigenvalue weighted by molar-refractivity contribution is -0.130. The zero-order chi connectivity index (χ0) is 18.2. The molecule has 0 radical (unpaired) electrons. The van der Waals surface area contributed by atoms with Gasteiger partial charge < -0.3 is 9.47 Å². The number of thioether (sulfide) groups is 1. The van der Waals surface area contributed by atoms with Crippen LogP contribution in [0.5, 0.6) is 0 Å². The number of carbonyl (C=O) groups excluding carboxylic acids is 1. The van der Waals surface area contributed by atoms with Crippen molar-refractivity contribution in [1.82, 2.24) is 19.7 Å². The van der Waals surface area contributed by atoms with Crippen LogP contribution in [-0.2, 0) is 14.6 Å². The average molecular weight is 387 g/mol. The number of aromatic nitrogens is 3. The van der Waals surface area contributed by atoms with E-state index in [9.17, 15) is 13.2 Å². The number of sulfone groups is 1. The molecule has 0 aromatic carbocycles. The van der Waals surface area contributed by atoms with E-state index in [1.54, 1.807) is 4.90 Å². The quantitative estimate of drug-likeness (QED) is 0.663. The highest BCUT2D eigenvalue weighted by molar-refractivity contribution is 7.99. The molecule has 0 spiro atoms. The smallest absolute Gasteiger partial charge is 0.233 e. The van der Waals surface area contributed by atoms with Crippen molar-refractivity contribution in [3.8, 4) is 0 Å². The summed E-state index contributed by atoms with van der Waals surface area (Å²) in [4.78, 5) is 14.6. The van der Waals surface area contributed by atoms with Gasteiger partial charge in [0.2, 0.25) is 5.91 Å². The maximum Gasteiger partial charge on any atom is 0.233 e. The second kappa shape index (κ2) is 7.26. The molecule has 25 heavy (non-hydrogen) atoms. The number of amides is 1. The lowest BCUT2D eigenvalue weighted by Crippen LogP contribution is -2.44. The summed E-state index contributed by atoms with van der Waals surface area (Å²) in [5.41, 5.74) is 0. The molecular formula is C16H26N4O3S2. The van der Waals surface area contributed by atoms with Crippen molar-refractivity contribution in [3.05, 3.63) is 5.82 Å². The van der Waals surface area contributed by atoms with Crippen molar-refractivity contribution in [2.24, 2.45) is 5.92 Å². The lowest BCUT2D eigenvalue weighted by atomic mass is 10.1. The number of hydrogen-bond donors (Lipinski definition) is 0. The second-order valence-electron chi connectivity index (χ2n) is 7.42. The first kappa shape index (κ1) is 18.7. The van der Waals surface area contributed by atoms with Crippen LogP contribution in [0.4, 0.5) is 0 Å². The van der Waals surface area contributed by atoms with Crippen molar-refractivity contribution in [2.75, 3.05) is 23.8 Å². The Morgan fingerprint density at radius 2 is 2.04 bits per heavy atom. The molecule has 1 aliphatic heterocycles. The number of aryl methyl sites for hydroxylation is 1.